The van der Waals surface area contributed by atoms with Gasteiger partial charge in [0.15, 0.2) is 11.4 Å². The van der Waals surface area contributed by atoms with Crippen molar-refractivity contribution in [1.29, 1.82) is 0 Å². The van der Waals surface area contributed by atoms with Gasteiger partial charge in [0.05, 0.1) is 29.7 Å². The number of carbonyl (C=O) groups is 3. The van der Waals surface area contributed by atoms with E-state index in [9.17, 15) is 45.0 Å². The third-order valence-electron chi connectivity index (χ3n) is 6.70. The predicted octanol–water partition coefficient (Wildman–Crippen LogP) is -0.921. The first kappa shape index (κ1) is 23.2. The summed E-state index contributed by atoms with van der Waals surface area (Å²) in [7, 11) is 2.76. The number of halogens is 1. The molecule has 3 aliphatic rings. The van der Waals surface area contributed by atoms with E-state index in [0.29, 0.717) is 0 Å². The Labute approximate surface area is 191 Å². The van der Waals surface area contributed by atoms with Crippen molar-refractivity contribution in [2.75, 3.05) is 14.1 Å². The topological polar surface area (TPSA) is 202 Å². The molecule has 176 valence electrons. The Kier molecular flexibility index (Phi) is 5.11. The molecule has 0 bridgehead atoms. The number of phenolic OH excluding ortho intramolecular Hbond substituents is 1. The van der Waals surface area contributed by atoms with Gasteiger partial charge in [0.1, 0.15) is 22.8 Å². The second-order valence-electron chi connectivity index (χ2n) is 8.56. The van der Waals surface area contributed by atoms with Gasteiger partial charge in [-0.05, 0) is 26.2 Å². The van der Waals surface area contributed by atoms with Gasteiger partial charge in [-0.15, -0.1) is 0 Å². The van der Waals surface area contributed by atoms with Gasteiger partial charge in [0, 0.05) is 22.1 Å². The maximum Gasteiger partial charge on any atom is 0.255 e. The number of carbonyl (C=O) groups excluding carboxylic acids is 3. The monoisotopic (exact) mass is 480 g/mol. The van der Waals surface area contributed by atoms with Crippen molar-refractivity contribution in [3.05, 3.63) is 45.2 Å². The van der Waals surface area contributed by atoms with Crippen LogP contribution >= 0.6 is 11.6 Å². The fourth-order valence-electron chi connectivity index (χ4n) is 5.29. The third-order valence-corrected chi connectivity index (χ3v) is 7.03. The van der Waals surface area contributed by atoms with Crippen LogP contribution in [0.15, 0.2) is 29.0 Å². The Morgan fingerprint density at radius 3 is 2.30 bits per heavy atom. The van der Waals surface area contributed by atoms with Crippen LogP contribution in [0.5, 0.6) is 5.75 Å². The highest BCUT2D eigenvalue weighted by atomic mass is 35.5. The second kappa shape index (κ2) is 7.27. The van der Waals surface area contributed by atoms with E-state index in [1.165, 1.54) is 25.1 Å². The fraction of sp³-hybridized carbons (Fsp3) is 0.381. The Morgan fingerprint density at radius 2 is 1.76 bits per heavy atom. The molecule has 0 radical (unpaired) electrons. The summed E-state index contributed by atoms with van der Waals surface area (Å²) in [6.07, 6.45) is -3.64. The van der Waals surface area contributed by atoms with Crippen LogP contribution in [0, 0.1) is 11.8 Å². The Morgan fingerprint density at radius 1 is 1.15 bits per heavy atom. The van der Waals surface area contributed by atoms with Crippen LogP contribution < -0.4 is 5.73 Å². The first-order chi connectivity index (χ1) is 15.3. The van der Waals surface area contributed by atoms with Crippen LogP contribution in [-0.4, -0.2) is 84.9 Å². The van der Waals surface area contributed by atoms with Crippen molar-refractivity contribution in [3.8, 4) is 5.75 Å². The molecule has 1 amide bonds. The number of rotatable bonds is 2. The molecule has 12 heteroatoms. The highest BCUT2D eigenvalue weighted by Gasteiger charge is 2.68. The van der Waals surface area contributed by atoms with Crippen molar-refractivity contribution in [2.24, 2.45) is 17.6 Å². The molecule has 6 unspecified atom stereocenters. The summed E-state index contributed by atoms with van der Waals surface area (Å²) in [5.74, 6) is -9.96. The van der Waals surface area contributed by atoms with E-state index >= 15 is 0 Å². The number of nitrogens with zero attached hydrogens (tertiary/aromatic N) is 1. The number of Topliss-reactive ketones (excluding diaryl/α,β-unsaturated/α-hetero) is 2. The second-order valence-corrected chi connectivity index (χ2v) is 8.97. The predicted molar refractivity (Wildman–Crippen MR) is 112 cm³/mol. The van der Waals surface area contributed by atoms with Gasteiger partial charge in [-0.25, -0.2) is 0 Å². The van der Waals surface area contributed by atoms with Gasteiger partial charge in [0.2, 0.25) is 5.78 Å². The van der Waals surface area contributed by atoms with Gasteiger partial charge in [0.25, 0.3) is 5.91 Å². The quantitative estimate of drug-likeness (QED) is 0.259. The van der Waals surface area contributed by atoms with E-state index in [1.54, 1.807) is 0 Å². The number of nitrogens with two attached hydrogens (primary N) is 1. The number of primary amides is 1. The number of hydrogen-bond donors (Lipinski definition) is 7. The van der Waals surface area contributed by atoms with E-state index in [0.717, 1.165) is 6.07 Å². The summed E-state index contributed by atoms with van der Waals surface area (Å²) in [4.78, 5) is 39.7. The van der Waals surface area contributed by atoms with E-state index < -0.39 is 87.1 Å². The van der Waals surface area contributed by atoms with Crippen LogP contribution in [0.4, 0.5) is 0 Å². The van der Waals surface area contributed by atoms with Gasteiger partial charge in [-0.1, -0.05) is 11.6 Å². The number of hydrogen-bond acceptors (Lipinski definition) is 10. The fourth-order valence-corrected chi connectivity index (χ4v) is 5.56. The maximum atomic E-state index is 13.6. The largest absolute Gasteiger partial charge is 0.508 e. The highest BCUT2D eigenvalue weighted by molar-refractivity contribution is 6.32. The lowest BCUT2D eigenvalue weighted by Gasteiger charge is -2.53. The summed E-state index contributed by atoms with van der Waals surface area (Å²) in [6.45, 7) is 0. The van der Waals surface area contributed by atoms with Gasteiger partial charge in [-0.2, -0.15) is 0 Å². The molecule has 8 N–H and O–H groups in total. The zero-order valence-corrected chi connectivity index (χ0v) is 18.1. The maximum absolute atomic E-state index is 13.6. The van der Waals surface area contributed by atoms with Crippen LogP contribution in [0.1, 0.15) is 17.2 Å². The van der Waals surface area contributed by atoms with Crippen LogP contribution in [0.3, 0.4) is 0 Å². The number of ketones is 2. The molecule has 1 saturated carbocycles. The highest BCUT2D eigenvalue weighted by Crippen LogP contribution is 2.56. The van der Waals surface area contributed by atoms with Crippen molar-refractivity contribution in [1.82, 2.24) is 4.90 Å². The first-order valence-electron chi connectivity index (χ1n) is 9.80. The number of phenols is 1. The summed E-state index contributed by atoms with van der Waals surface area (Å²) >= 11 is 6.15. The molecule has 1 fully saturated rings. The first-order valence-corrected chi connectivity index (χ1v) is 10.2. The lowest BCUT2D eigenvalue weighted by atomic mass is 9.55. The average Bonchev–Trinajstić information content (AvgIpc) is 2.72. The number of aromatic hydroxyl groups is 1. The molecule has 0 aromatic heterocycles. The molecule has 0 saturated heterocycles. The number of likely N-dealkylation sites (N-methyl/N-ethyl adjacent to an activating group) is 1. The molecule has 0 spiro atoms. The lowest BCUT2D eigenvalue weighted by molar-refractivity contribution is -0.174. The summed E-state index contributed by atoms with van der Waals surface area (Å²) in [5, 5.41) is 65.6. The summed E-state index contributed by atoms with van der Waals surface area (Å²) < 4.78 is 0. The molecule has 1 aromatic carbocycles. The van der Waals surface area contributed by atoms with Crippen molar-refractivity contribution in [2.45, 2.75) is 23.9 Å². The number of amides is 1. The summed E-state index contributed by atoms with van der Waals surface area (Å²) in [5.41, 5.74) is -0.104. The molecule has 0 aliphatic heterocycles. The minimum Gasteiger partial charge on any atom is -0.508 e. The normalized spacial score (nSPS) is 33.7. The molecular formula is C21H21ClN2O9. The molecule has 4 rings (SSSR count). The number of fused-ring (bicyclic) bond motifs is 3. The minimum atomic E-state index is -3.04. The Hall–Kier alpha value is -2.96. The standard InChI is InChI=1S/C21H21ClN2O9/c1-24(2)13-12-16(28)9-10(15(27)8-6(25)4-3-5(22)7(8)14(9)26)18(30)21(12,33)19(31)11(17(13)29)20(23)32/h3-4,9,12-14,16,25-28,31,33H,1-2H3,(H2,23,32). The number of aliphatic hydroxyl groups excluding tert-OH is 4. The van der Waals surface area contributed by atoms with Gasteiger partial charge in [-0.3, -0.25) is 19.3 Å². The zero-order chi connectivity index (χ0) is 24.7. The van der Waals surface area contributed by atoms with Crippen molar-refractivity contribution in [3.63, 3.8) is 0 Å². The molecule has 6 atom stereocenters. The molecule has 1 aromatic rings. The van der Waals surface area contributed by atoms with Gasteiger partial charge >= 0.3 is 0 Å². The van der Waals surface area contributed by atoms with Crippen molar-refractivity contribution < 1.29 is 45.0 Å². The van der Waals surface area contributed by atoms with E-state index in [1.807, 2.05) is 0 Å². The molecule has 11 nitrogen and oxygen atoms in total. The van der Waals surface area contributed by atoms with Crippen LogP contribution in [-0.2, 0) is 14.4 Å². The number of benzene rings is 1. The van der Waals surface area contributed by atoms with Gasteiger partial charge < -0.3 is 36.4 Å². The van der Waals surface area contributed by atoms with Crippen LogP contribution in [0.25, 0.3) is 5.76 Å². The third kappa shape index (κ3) is 2.74. The summed E-state index contributed by atoms with van der Waals surface area (Å²) in [6, 6.07) is 0.839. The molecule has 0 heterocycles. The molecular weight excluding hydrogens is 460 g/mol. The number of aliphatic hydroxyl groups is 5. The molecule has 3 aliphatic carbocycles. The SMILES string of the molecule is CN(C)C1C(=O)C(C(N)=O)=C(O)C2(O)C(=O)C3=C(O)c4c(O)ccc(Cl)c4C(O)C3C(O)C12. The van der Waals surface area contributed by atoms with E-state index in [-0.39, 0.29) is 10.6 Å². The Balaban J connectivity index is 2.08. The van der Waals surface area contributed by atoms with Crippen LogP contribution in [0.2, 0.25) is 5.02 Å². The lowest BCUT2D eigenvalue weighted by Crippen LogP contribution is -2.70. The zero-order valence-electron chi connectivity index (χ0n) is 17.4. The minimum absolute atomic E-state index is 0.0796. The van der Waals surface area contributed by atoms with Crippen molar-refractivity contribution >= 4 is 34.8 Å². The van der Waals surface area contributed by atoms with E-state index in [4.69, 9.17) is 17.3 Å². The van der Waals surface area contributed by atoms with E-state index in [2.05, 4.69) is 0 Å². The molecule has 33 heavy (non-hydrogen) atoms. The smallest absolute Gasteiger partial charge is 0.255 e. The Bertz CT molecular complexity index is 1190. The average molecular weight is 481 g/mol.